The van der Waals surface area contributed by atoms with Crippen LogP contribution in [0, 0.1) is 12.8 Å². The van der Waals surface area contributed by atoms with E-state index in [4.69, 9.17) is 14.6 Å². The molecule has 2 N–H and O–H groups in total. The van der Waals surface area contributed by atoms with Gasteiger partial charge in [-0.15, -0.1) is 0 Å². The third-order valence-electron chi connectivity index (χ3n) is 7.62. The number of carboxylic acid groups (broad SMARTS) is 1. The van der Waals surface area contributed by atoms with Crippen LogP contribution in [0.2, 0.25) is 0 Å². The number of hydrogen-bond acceptors (Lipinski definition) is 5. The molecule has 1 atom stereocenters. The second-order valence-corrected chi connectivity index (χ2v) is 10.0. The van der Waals surface area contributed by atoms with E-state index in [2.05, 4.69) is 59.9 Å². The summed E-state index contributed by atoms with van der Waals surface area (Å²) in [6, 6.07) is 23.6. The molecule has 0 radical (unpaired) electrons. The van der Waals surface area contributed by atoms with Crippen LogP contribution >= 0.6 is 0 Å². The van der Waals surface area contributed by atoms with Crippen molar-refractivity contribution < 1.29 is 14.4 Å². The Morgan fingerprint density at radius 2 is 1.81 bits per heavy atom. The number of nitrogens with one attached hydrogen (secondary N) is 1. The SMILES string of the molecule is Cc1cc(-c2nc(-c3ccc4c(c3)CCC[C@H]4NC3CC(C(=O)O)C3)no2)ccc1-c1ccccc1. The minimum absolute atomic E-state index is 0.196. The fourth-order valence-corrected chi connectivity index (χ4v) is 5.56. The lowest BCUT2D eigenvalue weighted by atomic mass is 9.78. The largest absolute Gasteiger partial charge is 0.481 e. The number of benzene rings is 3. The summed E-state index contributed by atoms with van der Waals surface area (Å²) in [4.78, 5) is 15.8. The van der Waals surface area contributed by atoms with Gasteiger partial charge in [-0.1, -0.05) is 53.7 Å². The maximum absolute atomic E-state index is 11.1. The first-order valence-electron chi connectivity index (χ1n) is 12.7. The first-order chi connectivity index (χ1) is 17.5. The topological polar surface area (TPSA) is 88.2 Å². The number of hydrogen-bond donors (Lipinski definition) is 2. The normalized spacial score (nSPS) is 21.0. The molecule has 0 bridgehead atoms. The molecule has 6 nitrogen and oxygen atoms in total. The highest BCUT2D eigenvalue weighted by atomic mass is 16.5. The second-order valence-electron chi connectivity index (χ2n) is 10.0. The number of rotatable bonds is 6. The van der Waals surface area contributed by atoms with Gasteiger partial charge in [0.2, 0.25) is 5.82 Å². The van der Waals surface area contributed by atoms with Crippen LogP contribution in [0.25, 0.3) is 34.0 Å². The smallest absolute Gasteiger partial charge is 0.306 e. The molecule has 1 heterocycles. The minimum Gasteiger partial charge on any atom is -0.481 e. The predicted octanol–water partition coefficient (Wildman–Crippen LogP) is 6.21. The van der Waals surface area contributed by atoms with E-state index in [0.29, 0.717) is 17.8 Å². The van der Waals surface area contributed by atoms with Gasteiger partial charge in [0, 0.05) is 23.2 Å². The molecule has 3 aromatic carbocycles. The molecular formula is C30H29N3O3. The number of nitrogens with zero attached hydrogens (tertiary/aromatic N) is 2. The van der Waals surface area contributed by atoms with Crippen molar-refractivity contribution in [2.75, 3.05) is 0 Å². The first-order valence-corrected chi connectivity index (χ1v) is 12.7. The van der Waals surface area contributed by atoms with Crippen LogP contribution in [0.1, 0.15) is 48.4 Å². The zero-order valence-electron chi connectivity index (χ0n) is 20.3. The van der Waals surface area contributed by atoms with Crippen molar-refractivity contribution in [2.45, 2.75) is 51.1 Å². The average Bonchev–Trinajstić information content (AvgIpc) is 3.36. The summed E-state index contributed by atoms with van der Waals surface area (Å²) < 4.78 is 5.65. The first kappa shape index (κ1) is 22.7. The van der Waals surface area contributed by atoms with Gasteiger partial charge in [-0.2, -0.15) is 4.98 Å². The Bertz CT molecular complexity index is 1410. The van der Waals surface area contributed by atoms with E-state index in [1.54, 1.807) is 0 Å². The zero-order chi connectivity index (χ0) is 24.6. The summed E-state index contributed by atoms with van der Waals surface area (Å²) in [6.07, 6.45) is 4.64. The summed E-state index contributed by atoms with van der Waals surface area (Å²) in [5, 5.41) is 17.1. The van der Waals surface area contributed by atoms with Crippen LogP contribution in [0.5, 0.6) is 0 Å². The lowest BCUT2D eigenvalue weighted by molar-refractivity contribution is -0.145. The van der Waals surface area contributed by atoms with Gasteiger partial charge in [0.05, 0.1) is 5.92 Å². The van der Waals surface area contributed by atoms with E-state index in [0.717, 1.165) is 48.8 Å². The zero-order valence-corrected chi connectivity index (χ0v) is 20.3. The highest BCUT2D eigenvalue weighted by Gasteiger charge is 2.36. The molecule has 0 aliphatic heterocycles. The Balaban J connectivity index is 1.20. The summed E-state index contributed by atoms with van der Waals surface area (Å²) in [6.45, 7) is 2.10. The van der Waals surface area contributed by atoms with Crippen molar-refractivity contribution in [3.63, 3.8) is 0 Å². The average molecular weight is 480 g/mol. The van der Waals surface area contributed by atoms with E-state index >= 15 is 0 Å². The van der Waals surface area contributed by atoms with Crippen molar-refractivity contribution in [1.29, 1.82) is 0 Å². The Morgan fingerprint density at radius 1 is 1.00 bits per heavy atom. The summed E-state index contributed by atoms with van der Waals surface area (Å²) in [5.74, 6) is 0.237. The van der Waals surface area contributed by atoms with Crippen LogP contribution in [0.4, 0.5) is 0 Å². The fraction of sp³-hybridized carbons (Fsp3) is 0.300. The maximum atomic E-state index is 11.1. The van der Waals surface area contributed by atoms with E-state index in [1.807, 2.05) is 24.3 Å². The second kappa shape index (κ2) is 9.36. The highest BCUT2D eigenvalue weighted by Crippen LogP contribution is 2.36. The third kappa shape index (κ3) is 4.33. The van der Waals surface area contributed by atoms with Gasteiger partial charge in [0.25, 0.3) is 5.89 Å². The summed E-state index contributed by atoms with van der Waals surface area (Å²) >= 11 is 0. The number of aryl methyl sites for hydroxylation is 2. The Labute approximate surface area is 210 Å². The maximum Gasteiger partial charge on any atom is 0.306 e. The van der Waals surface area contributed by atoms with Crippen molar-refractivity contribution in [1.82, 2.24) is 15.5 Å². The molecule has 0 spiro atoms. The Morgan fingerprint density at radius 3 is 2.58 bits per heavy atom. The molecule has 1 fully saturated rings. The molecule has 6 rings (SSSR count). The molecule has 6 heteroatoms. The van der Waals surface area contributed by atoms with Crippen LogP contribution in [-0.2, 0) is 11.2 Å². The monoisotopic (exact) mass is 479 g/mol. The van der Waals surface area contributed by atoms with Crippen molar-refractivity contribution in [3.8, 4) is 34.0 Å². The Hall–Kier alpha value is -3.77. The quantitative estimate of drug-likeness (QED) is 0.342. The molecule has 2 aliphatic carbocycles. The number of aliphatic carboxylic acids is 1. The Kier molecular flexibility index (Phi) is 5.89. The standard InChI is InChI=1S/C30H29N3O3/c1-18-14-22(11-12-25(18)19-6-3-2-4-7-19)29-32-28(33-36-29)21-10-13-26-20(15-21)8-5-9-27(26)31-24-16-23(17-24)30(34)35/h2-4,6-7,10-15,23-24,27,31H,5,8-9,16-17H2,1H3,(H,34,35)/t23?,24?,27-/m1/s1. The van der Waals surface area contributed by atoms with Crippen molar-refractivity contribution in [3.05, 3.63) is 83.4 Å². The van der Waals surface area contributed by atoms with Gasteiger partial charge in [0.15, 0.2) is 0 Å². The van der Waals surface area contributed by atoms with E-state index in [-0.39, 0.29) is 12.0 Å². The van der Waals surface area contributed by atoms with E-state index < -0.39 is 5.97 Å². The molecule has 0 amide bonds. The van der Waals surface area contributed by atoms with E-state index in [9.17, 15) is 4.79 Å². The number of aromatic nitrogens is 2. The van der Waals surface area contributed by atoms with Crippen LogP contribution in [-0.4, -0.2) is 27.3 Å². The fourth-order valence-electron chi connectivity index (χ4n) is 5.56. The molecule has 0 saturated heterocycles. The number of carbonyl (C=O) groups is 1. The van der Waals surface area contributed by atoms with Crippen molar-refractivity contribution in [2.24, 2.45) is 5.92 Å². The lowest BCUT2D eigenvalue weighted by Gasteiger charge is -2.38. The number of carboxylic acids is 1. The van der Waals surface area contributed by atoms with Gasteiger partial charge in [-0.25, -0.2) is 0 Å². The van der Waals surface area contributed by atoms with Gasteiger partial charge in [-0.3, -0.25) is 4.79 Å². The minimum atomic E-state index is -0.677. The van der Waals surface area contributed by atoms with Gasteiger partial charge >= 0.3 is 5.97 Å². The molecule has 4 aromatic rings. The molecular weight excluding hydrogens is 450 g/mol. The molecule has 2 aliphatic rings. The van der Waals surface area contributed by atoms with Gasteiger partial charge in [-0.05, 0) is 85.0 Å². The molecule has 36 heavy (non-hydrogen) atoms. The van der Waals surface area contributed by atoms with Gasteiger partial charge in [0.1, 0.15) is 0 Å². The van der Waals surface area contributed by atoms with Gasteiger partial charge < -0.3 is 14.9 Å². The lowest BCUT2D eigenvalue weighted by Crippen LogP contribution is -2.46. The highest BCUT2D eigenvalue weighted by molar-refractivity contribution is 5.72. The van der Waals surface area contributed by atoms with Crippen LogP contribution in [0.15, 0.2) is 71.3 Å². The molecule has 0 unspecified atom stereocenters. The van der Waals surface area contributed by atoms with Crippen LogP contribution < -0.4 is 5.32 Å². The molecule has 1 aromatic heterocycles. The molecule has 182 valence electrons. The van der Waals surface area contributed by atoms with Crippen LogP contribution in [0.3, 0.4) is 0 Å². The molecule has 1 saturated carbocycles. The number of fused-ring (bicyclic) bond motifs is 1. The predicted molar refractivity (Wildman–Crippen MR) is 138 cm³/mol. The summed E-state index contributed by atoms with van der Waals surface area (Å²) in [5.41, 5.74) is 8.02. The third-order valence-corrected chi connectivity index (χ3v) is 7.62. The summed E-state index contributed by atoms with van der Waals surface area (Å²) in [7, 11) is 0. The van der Waals surface area contributed by atoms with E-state index in [1.165, 1.54) is 22.3 Å². The van der Waals surface area contributed by atoms with Crippen molar-refractivity contribution >= 4 is 5.97 Å².